The van der Waals surface area contributed by atoms with Gasteiger partial charge in [0.1, 0.15) is 20.7 Å². The van der Waals surface area contributed by atoms with Crippen LogP contribution in [0.2, 0.25) is 0 Å². The zero-order valence-electron chi connectivity index (χ0n) is 17.4. The highest BCUT2D eigenvalue weighted by Crippen LogP contribution is 2.33. The molecule has 3 aromatic rings. The fourth-order valence-electron chi connectivity index (χ4n) is 2.82. The average molecular weight is 746 g/mol. The molecule has 0 aliphatic rings. The fraction of sp³-hybridized carbons (Fsp3) is 0. The van der Waals surface area contributed by atoms with Crippen LogP contribution in [-0.2, 0) is 10.1 Å². The summed E-state index contributed by atoms with van der Waals surface area (Å²) in [5.74, 6) is -11.4. The zero-order chi connectivity index (χ0) is 26.9. The van der Waals surface area contributed by atoms with E-state index in [-0.39, 0.29) is 24.0 Å². The maximum atomic E-state index is 14.2. The van der Waals surface area contributed by atoms with E-state index in [1.165, 1.54) is 24.3 Å². The first-order valence-electron chi connectivity index (χ1n) is 9.33. The second-order valence-electron chi connectivity index (χ2n) is 6.85. The maximum Gasteiger partial charge on any atom is 0.343 e. The number of ether oxygens (including phenoxy) is 1. The van der Waals surface area contributed by atoms with Crippen molar-refractivity contribution in [1.29, 1.82) is 0 Å². The molecular weight excluding hydrogens is 736 g/mol. The van der Waals surface area contributed by atoms with Crippen LogP contribution in [0.4, 0.5) is 23.2 Å². The summed E-state index contributed by atoms with van der Waals surface area (Å²) < 4.78 is 95.0. The Morgan fingerprint density at radius 2 is 1.42 bits per heavy atom. The van der Waals surface area contributed by atoms with Crippen molar-refractivity contribution in [2.24, 2.45) is 0 Å². The Hall–Kier alpha value is -2.57. The van der Waals surface area contributed by atoms with Crippen LogP contribution in [0.3, 0.4) is 0 Å². The number of hydrogen-bond donors (Lipinski definition) is 1. The number of carbonyl (C=O) groups excluding carboxylic acids is 2. The summed E-state index contributed by atoms with van der Waals surface area (Å²) in [6.45, 7) is 3.61. The predicted octanol–water partition coefficient (Wildman–Crippen LogP) is 5.47. The molecular formula is C22H10F4I2NO6S-. The van der Waals surface area contributed by atoms with Gasteiger partial charge in [-0.1, -0.05) is 24.8 Å². The summed E-state index contributed by atoms with van der Waals surface area (Å²) in [4.78, 5) is 22.7. The van der Waals surface area contributed by atoms with Crippen LogP contribution >= 0.6 is 45.2 Å². The van der Waals surface area contributed by atoms with Gasteiger partial charge in [0.2, 0.25) is 0 Å². The number of rotatable bonds is 6. The first kappa shape index (κ1) is 28.0. The van der Waals surface area contributed by atoms with E-state index in [0.29, 0.717) is 0 Å². The highest BCUT2D eigenvalue weighted by atomic mass is 127. The molecule has 3 aromatic carbocycles. The molecule has 0 atom stereocenters. The molecule has 1 N–H and O–H groups in total. The van der Waals surface area contributed by atoms with Crippen LogP contribution in [0.1, 0.15) is 26.3 Å². The van der Waals surface area contributed by atoms with E-state index in [1.807, 2.05) is 0 Å². The van der Waals surface area contributed by atoms with E-state index in [9.17, 15) is 40.1 Å². The Morgan fingerprint density at radius 1 is 0.917 bits per heavy atom. The van der Waals surface area contributed by atoms with E-state index in [2.05, 4.69) is 6.58 Å². The van der Waals surface area contributed by atoms with Crippen molar-refractivity contribution in [3.8, 4) is 5.75 Å². The van der Waals surface area contributed by atoms with Crippen molar-refractivity contribution in [3.05, 3.63) is 90.1 Å². The van der Waals surface area contributed by atoms with Crippen LogP contribution in [0.5, 0.6) is 5.75 Å². The first-order valence-corrected chi connectivity index (χ1v) is 12.9. The van der Waals surface area contributed by atoms with E-state index in [0.717, 1.165) is 5.56 Å². The van der Waals surface area contributed by atoms with Gasteiger partial charge < -0.3 is 14.6 Å². The topological polar surface area (TPSA) is 113 Å². The third-order valence-corrected chi connectivity index (χ3v) is 7.01. The van der Waals surface area contributed by atoms with Gasteiger partial charge in [-0.3, -0.25) is 4.79 Å². The van der Waals surface area contributed by atoms with Crippen LogP contribution in [0.15, 0.2) is 47.9 Å². The minimum absolute atomic E-state index is 0.0741. The van der Waals surface area contributed by atoms with Gasteiger partial charge in [-0.25, -0.2) is 30.8 Å². The van der Waals surface area contributed by atoms with Crippen LogP contribution in [0, 0.1) is 30.4 Å². The third-order valence-electron chi connectivity index (χ3n) is 4.55. The molecule has 0 heterocycles. The number of anilines is 1. The standard InChI is InChI=1S/C22H11F4I2NO6S/c1-2-9-3-5-10(6-4-9)22(31)35-19-12(27)7-11(8-13(19)28)21(30)29-18-14(23)16(25)20(36(32,33)34)17(26)15(18)24/h2-8H,1H2,(H,29,30)(H,32,33,34)/p-1. The van der Waals surface area contributed by atoms with Crippen LogP contribution < -0.4 is 10.1 Å². The molecule has 14 heteroatoms. The Labute approximate surface area is 228 Å². The second-order valence-corrected chi connectivity index (χ2v) is 10.5. The van der Waals surface area contributed by atoms with Gasteiger partial charge in [0.15, 0.2) is 29.0 Å². The van der Waals surface area contributed by atoms with Gasteiger partial charge in [-0.2, -0.15) is 0 Å². The summed E-state index contributed by atoms with van der Waals surface area (Å²) >= 11 is 3.46. The normalized spacial score (nSPS) is 11.2. The SMILES string of the molecule is C=Cc1ccc(C(=O)Oc2c(I)cc(C(=O)Nc3c(F)c(F)c(S(=O)(=O)[O-])c(F)c3F)cc2I)cc1. The van der Waals surface area contributed by atoms with E-state index < -0.39 is 55.8 Å². The molecule has 0 spiro atoms. The number of nitrogens with one attached hydrogen (secondary N) is 1. The smallest absolute Gasteiger partial charge is 0.343 e. The minimum Gasteiger partial charge on any atom is -0.744 e. The highest BCUT2D eigenvalue weighted by molar-refractivity contribution is 14.1. The van der Waals surface area contributed by atoms with E-state index >= 15 is 0 Å². The Bertz CT molecular complexity index is 1480. The Balaban J connectivity index is 1.90. The van der Waals surface area contributed by atoms with Gasteiger partial charge in [0, 0.05) is 5.56 Å². The van der Waals surface area contributed by atoms with E-state index in [1.54, 1.807) is 68.7 Å². The molecule has 0 radical (unpaired) electrons. The number of benzene rings is 3. The molecule has 3 rings (SSSR count). The average Bonchev–Trinajstić information content (AvgIpc) is 2.81. The molecule has 0 fully saturated rings. The summed E-state index contributed by atoms with van der Waals surface area (Å²) in [6, 6.07) is 8.67. The van der Waals surface area contributed by atoms with Crippen molar-refractivity contribution in [3.63, 3.8) is 0 Å². The predicted molar refractivity (Wildman–Crippen MR) is 136 cm³/mol. The molecule has 0 bridgehead atoms. The number of hydrogen-bond acceptors (Lipinski definition) is 6. The van der Waals surface area contributed by atoms with Gasteiger partial charge in [-0.05, 0) is 75.0 Å². The fourth-order valence-corrected chi connectivity index (χ4v) is 5.43. The molecule has 7 nitrogen and oxygen atoms in total. The minimum atomic E-state index is -5.90. The Kier molecular flexibility index (Phi) is 8.41. The molecule has 0 aliphatic heterocycles. The van der Waals surface area contributed by atoms with Gasteiger partial charge >= 0.3 is 5.97 Å². The summed E-state index contributed by atoms with van der Waals surface area (Å²) in [5, 5.41) is 1.62. The van der Waals surface area contributed by atoms with Crippen LogP contribution in [0.25, 0.3) is 6.08 Å². The van der Waals surface area contributed by atoms with Gasteiger partial charge in [0.05, 0.1) is 12.7 Å². The van der Waals surface area contributed by atoms with E-state index in [4.69, 9.17) is 4.74 Å². The monoisotopic (exact) mass is 746 g/mol. The lowest BCUT2D eigenvalue weighted by Gasteiger charge is -2.15. The van der Waals surface area contributed by atoms with Crippen molar-refractivity contribution in [2.45, 2.75) is 4.90 Å². The first-order chi connectivity index (χ1) is 16.8. The van der Waals surface area contributed by atoms with Crippen LogP contribution in [-0.4, -0.2) is 24.8 Å². The molecule has 188 valence electrons. The number of carbonyl (C=O) groups is 2. The van der Waals surface area contributed by atoms with Crippen molar-refractivity contribution in [1.82, 2.24) is 0 Å². The van der Waals surface area contributed by atoms with Crippen molar-refractivity contribution >= 4 is 78.9 Å². The Morgan fingerprint density at radius 3 is 1.86 bits per heavy atom. The summed E-state index contributed by atoms with van der Waals surface area (Å²) in [6.07, 6.45) is 1.59. The zero-order valence-corrected chi connectivity index (χ0v) is 22.5. The highest BCUT2D eigenvalue weighted by Gasteiger charge is 2.30. The van der Waals surface area contributed by atoms with Gasteiger partial charge in [0.25, 0.3) is 5.91 Å². The quantitative estimate of drug-likeness (QED) is 0.0895. The molecule has 0 aliphatic carbocycles. The maximum absolute atomic E-state index is 14.2. The summed E-state index contributed by atoms with van der Waals surface area (Å²) in [5.41, 5.74) is -0.875. The number of esters is 1. The third kappa shape index (κ3) is 5.70. The number of halogens is 6. The molecule has 0 unspecified atom stereocenters. The van der Waals surface area contributed by atoms with Crippen molar-refractivity contribution in [2.75, 3.05) is 5.32 Å². The molecule has 0 saturated carbocycles. The molecule has 36 heavy (non-hydrogen) atoms. The lowest BCUT2D eigenvalue weighted by molar-refractivity contribution is 0.0732. The second kappa shape index (κ2) is 10.8. The lowest BCUT2D eigenvalue weighted by atomic mass is 10.1. The lowest BCUT2D eigenvalue weighted by Crippen LogP contribution is -2.19. The molecule has 1 amide bonds. The van der Waals surface area contributed by atoms with Gasteiger partial charge in [-0.15, -0.1) is 0 Å². The molecule has 0 aromatic heterocycles. The summed E-state index contributed by atoms with van der Waals surface area (Å²) in [7, 11) is -5.90. The largest absolute Gasteiger partial charge is 0.744 e. The number of amides is 1. The molecule has 0 saturated heterocycles. The van der Waals surface area contributed by atoms with Crippen molar-refractivity contribution < 1.29 is 44.9 Å².